The summed E-state index contributed by atoms with van der Waals surface area (Å²) in [5.74, 6) is -1.52. The van der Waals surface area contributed by atoms with Crippen LogP contribution in [0.25, 0.3) is 0 Å². The summed E-state index contributed by atoms with van der Waals surface area (Å²) in [6, 6.07) is 0.847. The number of amides is 1. The summed E-state index contributed by atoms with van der Waals surface area (Å²) in [6.07, 6.45) is 1.11. The third kappa shape index (κ3) is 3.51. The fraction of sp³-hybridized carbons (Fsp3) is 0.700. The molecule has 1 heterocycles. The second kappa shape index (κ2) is 6.08. The van der Waals surface area contributed by atoms with Gasteiger partial charge >= 0.3 is 5.97 Å². The standard InChI is InChI=1S/C10H14N2O4/c11-5-1-3-7(10(14)15)12-9(13)8-4-2-6-16-8/h7-8H,1-4,6H2,(H,12,13)(H,14,15)/t7-,8-/m0/s1. The van der Waals surface area contributed by atoms with Crippen molar-refractivity contribution in [3.63, 3.8) is 0 Å². The molecule has 1 saturated heterocycles. The molecule has 16 heavy (non-hydrogen) atoms. The third-order valence-electron chi connectivity index (χ3n) is 2.38. The van der Waals surface area contributed by atoms with E-state index in [9.17, 15) is 9.59 Å². The van der Waals surface area contributed by atoms with Gasteiger partial charge in [0.05, 0.1) is 6.07 Å². The van der Waals surface area contributed by atoms with Gasteiger partial charge in [-0.3, -0.25) is 4.79 Å². The van der Waals surface area contributed by atoms with Crippen LogP contribution in [0.4, 0.5) is 0 Å². The van der Waals surface area contributed by atoms with Crippen LogP contribution in [0.1, 0.15) is 25.7 Å². The molecule has 1 aliphatic rings. The van der Waals surface area contributed by atoms with Gasteiger partial charge in [-0.25, -0.2) is 4.79 Å². The zero-order chi connectivity index (χ0) is 12.0. The van der Waals surface area contributed by atoms with E-state index in [0.29, 0.717) is 13.0 Å². The molecule has 2 atom stereocenters. The smallest absolute Gasteiger partial charge is 0.326 e. The molecule has 1 amide bonds. The van der Waals surface area contributed by atoms with Gasteiger partial charge in [-0.2, -0.15) is 5.26 Å². The molecular formula is C10H14N2O4. The maximum absolute atomic E-state index is 11.5. The summed E-state index contributed by atoms with van der Waals surface area (Å²) in [6.45, 7) is 0.536. The van der Waals surface area contributed by atoms with Gasteiger partial charge in [-0.05, 0) is 19.3 Å². The Morgan fingerprint density at radius 2 is 2.38 bits per heavy atom. The number of nitrogens with zero attached hydrogens (tertiary/aromatic N) is 1. The van der Waals surface area contributed by atoms with Crippen LogP contribution in [0.15, 0.2) is 0 Å². The quantitative estimate of drug-likeness (QED) is 0.689. The summed E-state index contributed by atoms with van der Waals surface area (Å²) in [5, 5.41) is 19.6. The normalized spacial score (nSPS) is 21.1. The van der Waals surface area contributed by atoms with Crippen LogP contribution in [0.3, 0.4) is 0 Å². The first kappa shape index (κ1) is 12.5. The molecule has 0 aromatic rings. The number of hydrogen-bond donors (Lipinski definition) is 2. The minimum absolute atomic E-state index is 0.1000. The van der Waals surface area contributed by atoms with Crippen LogP contribution >= 0.6 is 0 Å². The highest BCUT2D eigenvalue weighted by atomic mass is 16.5. The Morgan fingerprint density at radius 3 is 2.88 bits per heavy atom. The molecule has 0 aliphatic carbocycles. The van der Waals surface area contributed by atoms with Crippen LogP contribution in [0.5, 0.6) is 0 Å². The Balaban J connectivity index is 2.44. The molecule has 2 N–H and O–H groups in total. The van der Waals surface area contributed by atoms with Gasteiger partial charge in [0, 0.05) is 13.0 Å². The number of nitriles is 1. The van der Waals surface area contributed by atoms with Crippen LogP contribution in [0, 0.1) is 11.3 Å². The molecule has 1 fully saturated rings. The van der Waals surface area contributed by atoms with Crippen molar-refractivity contribution >= 4 is 11.9 Å². The van der Waals surface area contributed by atoms with Crippen molar-refractivity contribution in [3.05, 3.63) is 0 Å². The molecule has 0 aromatic carbocycles. The topological polar surface area (TPSA) is 99.4 Å². The summed E-state index contributed by atoms with van der Waals surface area (Å²) in [7, 11) is 0. The number of carbonyl (C=O) groups excluding carboxylic acids is 1. The summed E-state index contributed by atoms with van der Waals surface area (Å²) < 4.78 is 5.13. The second-order valence-corrected chi connectivity index (χ2v) is 3.60. The lowest BCUT2D eigenvalue weighted by Crippen LogP contribution is -2.45. The molecule has 0 radical (unpaired) electrons. The van der Waals surface area contributed by atoms with Crippen LogP contribution in [-0.4, -0.2) is 35.7 Å². The largest absolute Gasteiger partial charge is 0.480 e. The molecule has 0 bridgehead atoms. The van der Waals surface area contributed by atoms with Crippen LogP contribution in [-0.2, 0) is 14.3 Å². The van der Waals surface area contributed by atoms with E-state index >= 15 is 0 Å². The van der Waals surface area contributed by atoms with Gasteiger partial charge in [0.25, 0.3) is 0 Å². The van der Waals surface area contributed by atoms with E-state index in [1.165, 1.54) is 0 Å². The number of aliphatic carboxylic acids is 1. The summed E-state index contributed by atoms with van der Waals surface area (Å²) in [4.78, 5) is 22.3. The first-order valence-corrected chi connectivity index (χ1v) is 5.17. The Labute approximate surface area is 93.2 Å². The molecule has 0 aromatic heterocycles. The molecular weight excluding hydrogens is 212 g/mol. The lowest BCUT2D eigenvalue weighted by molar-refractivity contribution is -0.143. The fourth-order valence-corrected chi connectivity index (χ4v) is 1.52. The molecule has 6 nitrogen and oxygen atoms in total. The minimum atomic E-state index is -1.12. The Hall–Kier alpha value is -1.61. The Bertz CT molecular complexity index is 304. The van der Waals surface area contributed by atoms with Crippen molar-refractivity contribution < 1.29 is 19.4 Å². The SMILES string of the molecule is N#CCC[C@H](NC(=O)[C@@H]1CCCO1)C(=O)O. The average Bonchev–Trinajstić information content (AvgIpc) is 2.76. The molecule has 0 spiro atoms. The van der Waals surface area contributed by atoms with E-state index < -0.39 is 24.0 Å². The lowest BCUT2D eigenvalue weighted by Gasteiger charge is -2.15. The van der Waals surface area contributed by atoms with E-state index in [1.54, 1.807) is 0 Å². The number of carboxylic acid groups (broad SMARTS) is 1. The van der Waals surface area contributed by atoms with Crippen LogP contribution < -0.4 is 5.32 Å². The highest BCUT2D eigenvalue weighted by Gasteiger charge is 2.27. The Kier molecular flexibility index (Phi) is 4.73. The van der Waals surface area contributed by atoms with Crippen molar-refractivity contribution in [2.45, 2.75) is 37.8 Å². The van der Waals surface area contributed by atoms with Gasteiger partial charge in [0.2, 0.25) is 5.91 Å². The lowest BCUT2D eigenvalue weighted by atomic mass is 10.1. The second-order valence-electron chi connectivity index (χ2n) is 3.60. The summed E-state index contributed by atoms with van der Waals surface area (Å²) in [5.41, 5.74) is 0. The van der Waals surface area contributed by atoms with E-state index in [1.807, 2.05) is 6.07 Å². The predicted octanol–water partition coefficient (Wildman–Crippen LogP) is 0.0386. The zero-order valence-corrected chi connectivity index (χ0v) is 8.81. The zero-order valence-electron chi connectivity index (χ0n) is 8.81. The van der Waals surface area contributed by atoms with E-state index in [0.717, 1.165) is 6.42 Å². The van der Waals surface area contributed by atoms with Gasteiger partial charge in [-0.1, -0.05) is 0 Å². The number of hydrogen-bond acceptors (Lipinski definition) is 4. The van der Waals surface area contributed by atoms with Gasteiger partial charge in [0.1, 0.15) is 12.1 Å². The van der Waals surface area contributed by atoms with E-state index in [-0.39, 0.29) is 12.8 Å². The van der Waals surface area contributed by atoms with Crippen molar-refractivity contribution in [2.24, 2.45) is 0 Å². The fourth-order valence-electron chi connectivity index (χ4n) is 1.52. The Morgan fingerprint density at radius 1 is 1.62 bits per heavy atom. The number of carboxylic acids is 1. The predicted molar refractivity (Wildman–Crippen MR) is 53.4 cm³/mol. The molecule has 1 aliphatic heterocycles. The molecule has 1 rings (SSSR count). The van der Waals surface area contributed by atoms with E-state index in [4.69, 9.17) is 15.1 Å². The monoisotopic (exact) mass is 226 g/mol. The summed E-state index contributed by atoms with van der Waals surface area (Å²) >= 11 is 0. The third-order valence-corrected chi connectivity index (χ3v) is 2.38. The van der Waals surface area contributed by atoms with Gasteiger partial charge in [0.15, 0.2) is 0 Å². The van der Waals surface area contributed by atoms with Gasteiger partial charge in [-0.15, -0.1) is 0 Å². The number of ether oxygens (including phenoxy) is 1. The van der Waals surface area contributed by atoms with Crippen LogP contribution in [0.2, 0.25) is 0 Å². The number of carbonyl (C=O) groups is 2. The van der Waals surface area contributed by atoms with Crippen molar-refractivity contribution in [1.82, 2.24) is 5.32 Å². The molecule has 6 heteroatoms. The first-order chi connectivity index (χ1) is 7.65. The molecule has 88 valence electrons. The van der Waals surface area contributed by atoms with Gasteiger partial charge < -0.3 is 15.2 Å². The highest BCUT2D eigenvalue weighted by molar-refractivity contribution is 5.86. The van der Waals surface area contributed by atoms with Crippen molar-refractivity contribution in [1.29, 1.82) is 5.26 Å². The van der Waals surface area contributed by atoms with Crippen molar-refractivity contribution in [3.8, 4) is 6.07 Å². The molecule has 0 unspecified atom stereocenters. The number of rotatable bonds is 5. The van der Waals surface area contributed by atoms with Crippen molar-refractivity contribution in [2.75, 3.05) is 6.61 Å². The average molecular weight is 226 g/mol. The maximum Gasteiger partial charge on any atom is 0.326 e. The maximum atomic E-state index is 11.5. The first-order valence-electron chi connectivity index (χ1n) is 5.17. The van der Waals surface area contributed by atoms with E-state index in [2.05, 4.69) is 5.32 Å². The highest BCUT2D eigenvalue weighted by Crippen LogP contribution is 2.12. The number of nitrogens with one attached hydrogen (secondary N) is 1. The molecule has 0 saturated carbocycles. The minimum Gasteiger partial charge on any atom is -0.480 e.